The van der Waals surface area contributed by atoms with Crippen LogP contribution in [0.3, 0.4) is 0 Å². The van der Waals surface area contributed by atoms with E-state index in [1.54, 1.807) is 11.3 Å². The second-order valence-electron chi connectivity index (χ2n) is 5.74. The van der Waals surface area contributed by atoms with Crippen LogP contribution in [0.5, 0.6) is 0 Å². The largest absolute Gasteiger partial charge is 0.307 e. The van der Waals surface area contributed by atoms with Gasteiger partial charge in [-0.3, -0.25) is 0 Å². The van der Waals surface area contributed by atoms with Gasteiger partial charge in [0.2, 0.25) is 0 Å². The Morgan fingerprint density at radius 2 is 2.14 bits per heavy atom. The molecule has 2 unspecified atom stereocenters. The Hall–Kier alpha value is -0.540. The van der Waals surface area contributed by atoms with Crippen LogP contribution >= 0.6 is 34.5 Å². The SMILES string of the molecule is CC(Cc1ccccc1Cl)NC1CCCc2sc(Cl)cc21. The first-order valence-corrected chi connectivity index (χ1v) is 8.98. The first-order valence-electron chi connectivity index (χ1n) is 7.41. The molecule has 0 fully saturated rings. The van der Waals surface area contributed by atoms with Gasteiger partial charge in [0, 0.05) is 22.0 Å². The molecular weight excluding hydrogens is 321 g/mol. The van der Waals surface area contributed by atoms with E-state index in [9.17, 15) is 0 Å². The minimum Gasteiger partial charge on any atom is -0.307 e. The zero-order valence-electron chi connectivity index (χ0n) is 12.0. The molecule has 0 spiro atoms. The third-order valence-electron chi connectivity index (χ3n) is 4.05. The highest BCUT2D eigenvalue weighted by atomic mass is 35.5. The Labute approximate surface area is 140 Å². The number of nitrogens with one attached hydrogen (secondary N) is 1. The molecule has 1 aliphatic rings. The van der Waals surface area contributed by atoms with Gasteiger partial charge in [0.1, 0.15) is 0 Å². The van der Waals surface area contributed by atoms with Gasteiger partial charge >= 0.3 is 0 Å². The predicted octanol–water partition coefficient (Wildman–Crippen LogP) is 5.65. The van der Waals surface area contributed by atoms with Gasteiger partial charge in [0.05, 0.1) is 4.34 Å². The molecule has 0 saturated carbocycles. The van der Waals surface area contributed by atoms with Crippen molar-refractivity contribution < 1.29 is 0 Å². The molecule has 1 N–H and O–H groups in total. The van der Waals surface area contributed by atoms with Gasteiger partial charge in [-0.05, 0) is 55.9 Å². The first-order chi connectivity index (χ1) is 10.1. The van der Waals surface area contributed by atoms with E-state index in [1.807, 2.05) is 18.2 Å². The molecule has 2 atom stereocenters. The molecule has 0 radical (unpaired) electrons. The van der Waals surface area contributed by atoms with Crippen molar-refractivity contribution in [1.82, 2.24) is 5.32 Å². The molecule has 0 amide bonds. The summed E-state index contributed by atoms with van der Waals surface area (Å²) in [5, 5.41) is 4.61. The average Bonchev–Trinajstić information content (AvgIpc) is 2.83. The maximum atomic E-state index is 6.25. The monoisotopic (exact) mass is 339 g/mol. The molecule has 1 aliphatic carbocycles. The summed E-state index contributed by atoms with van der Waals surface area (Å²) in [6.07, 6.45) is 4.54. The van der Waals surface area contributed by atoms with Gasteiger partial charge in [-0.1, -0.05) is 41.4 Å². The number of benzene rings is 1. The molecule has 21 heavy (non-hydrogen) atoms. The summed E-state index contributed by atoms with van der Waals surface area (Å²) < 4.78 is 0.910. The van der Waals surface area contributed by atoms with Crippen molar-refractivity contribution in [3.8, 4) is 0 Å². The minimum atomic E-state index is 0.388. The first kappa shape index (κ1) is 15.4. The van der Waals surface area contributed by atoms with Crippen molar-refractivity contribution in [3.05, 3.63) is 55.7 Å². The summed E-state index contributed by atoms with van der Waals surface area (Å²) in [6.45, 7) is 2.23. The lowest BCUT2D eigenvalue weighted by atomic mass is 9.93. The lowest BCUT2D eigenvalue weighted by Crippen LogP contribution is -2.33. The number of aryl methyl sites for hydroxylation is 1. The van der Waals surface area contributed by atoms with Crippen LogP contribution in [0.1, 0.15) is 41.8 Å². The van der Waals surface area contributed by atoms with Crippen LogP contribution in [-0.2, 0) is 12.8 Å². The van der Waals surface area contributed by atoms with Crippen molar-refractivity contribution >= 4 is 34.5 Å². The topological polar surface area (TPSA) is 12.0 Å². The third-order valence-corrected chi connectivity index (χ3v) is 5.76. The van der Waals surface area contributed by atoms with Crippen LogP contribution < -0.4 is 5.32 Å². The second kappa shape index (κ2) is 6.70. The Morgan fingerprint density at radius 3 is 2.95 bits per heavy atom. The molecular formula is C17H19Cl2NS. The molecule has 2 aromatic rings. The van der Waals surface area contributed by atoms with Crippen LogP contribution in [0.25, 0.3) is 0 Å². The Kier molecular flexibility index (Phi) is 4.90. The van der Waals surface area contributed by atoms with Gasteiger partial charge in [-0.25, -0.2) is 0 Å². The molecule has 0 bridgehead atoms. The number of rotatable bonds is 4. The van der Waals surface area contributed by atoms with Gasteiger partial charge in [-0.15, -0.1) is 11.3 Å². The maximum Gasteiger partial charge on any atom is 0.0934 e. The van der Waals surface area contributed by atoms with E-state index in [0.717, 1.165) is 15.8 Å². The summed E-state index contributed by atoms with van der Waals surface area (Å²) in [5.41, 5.74) is 2.61. The number of halogens is 2. The average molecular weight is 340 g/mol. The predicted molar refractivity (Wildman–Crippen MR) is 92.8 cm³/mol. The summed E-state index contributed by atoms with van der Waals surface area (Å²) in [6, 6.07) is 11.0. The van der Waals surface area contributed by atoms with Crippen LogP contribution in [0.15, 0.2) is 30.3 Å². The molecule has 1 aromatic carbocycles. The van der Waals surface area contributed by atoms with Crippen molar-refractivity contribution in [3.63, 3.8) is 0 Å². The molecule has 112 valence electrons. The van der Waals surface area contributed by atoms with Gasteiger partial charge in [0.15, 0.2) is 0 Å². The van der Waals surface area contributed by atoms with E-state index in [2.05, 4.69) is 24.4 Å². The van der Waals surface area contributed by atoms with E-state index in [4.69, 9.17) is 23.2 Å². The number of thiophene rings is 1. The minimum absolute atomic E-state index is 0.388. The quantitative estimate of drug-likeness (QED) is 0.758. The molecule has 1 nitrogen and oxygen atoms in total. The summed E-state index contributed by atoms with van der Waals surface area (Å²) in [7, 11) is 0. The van der Waals surface area contributed by atoms with Gasteiger partial charge in [-0.2, -0.15) is 0 Å². The van der Waals surface area contributed by atoms with Gasteiger partial charge < -0.3 is 5.32 Å². The second-order valence-corrected chi connectivity index (χ2v) is 7.91. The molecule has 1 heterocycles. The Bertz CT molecular complexity index is 623. The van der Waals surface area contributed by atoms with Crippen molar-refractivity contribution in [2.45, 2.75) is 44.7 Å². The summed E-state index contributed by atoms with van der Waals surface area (Å²) >= 11 is 14.2. The lowest BCUT2D eigenvalue weighted by Gasteiger charge is -2.27. The standard InChI is InChI=1S/C17H19Cl2NS/c1-11(9-12-5-2-3-6-14(12)18)20-15-7-4-8-16-13(15)10-17(19)21-16/h2-3,5-6,10-11,15,20H,4,7-9H2,1H3. The van der Waals surface area contributed by atoms with Gasteiger partial charge in [0.25, 0.3) is 0 Å². The van der Waals surface area contributed by atoms with E-state index < -0.39 is 0 Å². The molecule has 4 heteroatoms. The fraction of sp³-hybridized carbons (Fsp3) is 0.412. The molecule has 1 aromatic heterocycles. The highest BCUT2D eigenvalue weighted by Crippen LogP contribution is 2.38. The number of fused-ring (bicyclic) bond motifs is 1. The van der Waals surface area contributed by atoms with Crippen molar-refractivity contribution in [2.24, 2.45) is 0 Å². The van der Waals surface area contributed by atoms with E-state index in [0.29, 0.717) is 12.1 Å². The number of hydrogen-bond donors (Lipinski definition) is 1. The highest BCUT2D eigenvalue weighted by Gasteiger charge is 2.24. The third kappa shape index (κ3) is 3.62. The van der Waals surface area contributed by atoms with Crippen LogP contribution in [-0.4, -0.2) is 6.04 Å². The van der Waals surface area contributed by atoms with E-state index >= 15 is 0 Å². The maximum absolute atomic E-state index is 6.25. The Balaban J connectivity index is 1.68. The molecule has 3 rings (SSSR count). The highest BCUT2D eigenvalue weighted by molar-refractivity contribution is 7.16. The van der Waals surface area contributed by atoms with Crippen LogP contribution in [0.2, 0.25) is 9.36 Å². The summed E-state index contributed by atoms with van der Waals surface area (Å²) in [5.74, 6) is 0. The zero-order chi connectivity index (χ0) is 14.8. The fourth-order valence-electron chi connectivity index (χ4n) is 3.09. The normalized spacial score (nSPS) is 19.3. The van der Waals surface area contributed by atoms with Crippen LogP contribution in [0, 0.1) is 0 Å². The number of hydrogen-bond acceptors (Lipinski definition) is 2. The van der Waals surface area contributed by atoms with E-state index in [-0.39, 0.29) is 0 Å². The molecule has 0 saturated heterocycles. The molecule has 0 aliphatic heterocycles. The smallest absolute Gasteiger partial charge is 0.0934 e. The van der Waals surface area contributed by atoms with E-state index in [1.165, 1.54) is 35.3 Å². The lowest BCUT2D eigenvalue weighted by molar-refractivity contribution is 0.409. The van der Waals surface area contributed by atoms with Crippen molar-refractivity contribution in [1.29, 1.82) is 0 Å². The fourth-order valence-corrected chi connectivity index (χ4v) is 4.69. The van der Waals surface area contributed by atoms with Crippen LogP contribution in [0.4, 0.5) is 0 Å². The summed E-state index contributed by atoms with van der Waals surface area (Å²) in [4.78, 5) is 1.45. The Morgan fingerprint density at radius 1 is 1.33 bits per heavy atom. The van der Waals surface area contributed by atoms with Crippen molar-refractivity contribution in [2.75, 3.05) is 0 Å². The zero-order valence-corrected chi connectivity index (χ0v) is 14.4.